The summed E-state index contributed by atoms with van der Waals surface area (Å²) >= 11 is 0. The van der Waals surface area contributed by atoms with Crippen LogP contribution in [-0.2, 0) is 9.59 Å². The molecule has 0 aromatic heterocycles. The second-order valence-corrected chi connectivity index (χ2v) is 5.34. The number of carboxylic acids is 3. The number of carboxylic acid groups (broad SMARTS) is 3. The van der Waals surface area contributed by atoms with Gasteiger partial charge in [-0.3, -0.25) is 9.59 Å². The molecule has 122 valence electrons. The predicted octanol–water partition coefficient (Wildman–Crippen LogP) is -0.534. The van der Waals surface area contributed by atoms with Crippen molar-refractivity contribution in [3.05, 3.63) is 35.4 Å². The molecule has 1 aliphatic rings. The molecule has 1 heterocycles. The molecule has 0 radical (unpaired) electrons. The Kier molecular flexibility index (Phi) is 4.06. The van der Waals surface area contributed by atoms with Crippen molar-refractivity contribution in [2.24, 2.45) is 5.73 Å². The topological polar surface area (TPSA) is 158 Å². The second kappa shape index (κ2) is 5.69. The zero-order chi connectivity index (χ0) is 17.4. The molecule has 1 amide bonds. The Labute approximate surface area is 129 Å². The molecule has 2 rings (SSSR count). The Morgan fingerprint density at radius 3 is 2.26 bits per heavy atom. The lowest BCUT2D eigenvalue weighted by molar-refractivity contribution is -0.143. The van der Waals surface area contributed by atoms with E-state index in [4.69, 9.17) is 15.9 Å². The van der Waals surface area contributed by atoms with Crippen LogP contribution >= 0.6 is 0 Å². The fourth-order valence-corrected chi connectivity index (χ4v) is 2.47. The van der Waals surface area contributed by atoms with Gasteiger partial charge in [-0.1, -0.05) is 6.07 Å². The van der Waals surface area contributed by atoms with Crippen molar-refractivity contribution >= 4 is 23.8 Å². The summed E-state index contributed by atoms with van der Waals surface area (Å²) in [6.45, 7) is -0.477. The van der Waals surface area contributed by atoms with E-state index >= 15 is 0 Å². The van der Waals surface area contributed by atoms with Crippen LogP contribution in [0.15, 0.2) is 24.3 Å². The maximum Gasteiger partial charge on any atom is 0.335 e. The average Bonchev–Trinajstić information content (AvgIpc) is 2.86. The van der Waals surface area contributed by atoms with Gasteiger partial charge in [0.1, 0.15) is 11.6 Å². The number of benzene rings is 1. The van der Waals surface area contributed by atoms with Crippen LogP contribution in [0.3, 0.4) is 0 Å². The number of carbonyl (C=O) groups excluding carboxylic acids is 1. The van der Waals surface area contributed by atoms with Gasteiger partial charge in [0, 0.05) is 12.0 Å². The monoisotopic (exact) mass is 322 g/mol. The first-order chi connectivity index (χ1) is 10.7. The zero-order valence-electron chi connectivity index (χ0n) is 11.8. The molecule has 0 unspecified atom stereocenters. The molecule has 1 saturated heterocycles. The first kappa shape index (κ1) is 16.4. The normalized spacial score (nSPS) is 23.5. The maximum atomic E-state index is 12.5. The van der Waals surface area contributed by atoms with Crippen molar-refractivity contribution in [3.63, 3.8) is 0 Å². The van der Waals surface area contributed by atoms with Gasteiger partial charge >= 0.3 is 17.9 Å². The SMILES string of the molecule is N[C@]1(C(=O)O)C[C@H](C(=O)O)N(C(=O)c2cccc(C(=O)O)c2)C1. The van der Waals surface area contributed by atoms with Gasteiger partial charge in [0.2, 0.25) is 0 Å². The molecule has 1 aliphatic heterocycles. The number of likely N-dealkylation sites (tertiary alicyclic amines) is 1. The first-order valence-corrected chi connectivity index (χ1v) is 6.55. The van der Waals surface area contributed by atoms with Crippen LogP contribution in [-0.4, -0.2) is 62.2 Å². The van der Waals surface area contributed by atoms with Crippen LogP contribution in [0.1, 0.15) is 27.1 Å². The van der Waals surface area contributed by atoms with Crippen LogP contribution in [0.2, 0.25) is 0 Å². The van der Waals surface area contributed by atoms with Crippen LogP contribution < -0.4 is 5.73 Å². The van der Waals surface area contributed by atoms with Gasteiger partial charge in [-0.15, -0.1) is 0 Å². The molecule has 2 atom stereocenters. The molecule has 0 aliphatic carbocycles. The highest BCUT2D eigenvalue weighted by Gasteiger charge is 2.51. The molecule has 1 aromatic carbocycles. The van der Waals surface area contributed by atoms with Gasteiger partial charge in [-0.05, 0) is 18.2 Å². The summed E-state index contributed by atoms with van der Waals surface area (Å²) in [5.41, 5.74) is 3.62. The predicted molar refractivity (Wildman–Crippen MR) is 75.0 cm³/mol. The van der Waals surface area contributed by atoms with E-state index in [0.29, 0.717) is 0 Å². The molecule has 5 N–H and O–H groups in total. The third-order valence-corrected chi connectivity index (χ3v) is 3.71. The second-order valence-electron chi connectivity index (χ2n) is 5.34. The van der Waals surface area contributed by atoms with E-state index in [2.05, 4.69) is 0 Å². The van der Waals surface area contributed by atoms with E-state index in [9.17, 15) is 24.3 Å². The fourth-order valence-electron chi connectivity index (χ4n) is 2.47. The standard InChI is InChI=1S/C14H14N2O7/c15-14(13(22)23)5-9(12(20)21)16(6-14)10(17)7-2-1-3-8(4-7)11(18)19/h1-4,9H,5-6,15H2,(H,18,19)(H,20,21)(H,22,23)/t9-,14-/m1/s1. The first-order valence-electron chi connectivity index (χ1n) is 6.55. The van der Waals surface area contributed by atoms with Gasteiger partial charge < -0.3 is 26.0 Å². The third kappa shape index (κ3) is 2.99. The van der Waals surface area contributed by atoms with Crippen molar-refractivity contribution in [3.8, 4) is 0 Å². The number of nitrogens with zero attached hydrogens (tertiary/aromatic N) is 1. The summed E-state index contributed by atoms with van der Waals surface area (Å²) in [6.07, 6.45) is -0.429. The highest BCUT2D eigenvalue weighted by atomic mass is 16.4. The number of aliphatic carboxylic acids is 2. The maximum absolute atomic E-state index is 12.5. The highest BCUT2D eigenvalue weighted by Crippen LogP contribution is 2.27. The summed E-state index contributed by atoms with van der Waals surface area (Å²) in [4.78, 5) is 46.8. The summed E-state index contributed by atoms with van der Waals surface area (Å²) in [5, 5.41) is 27.3. The van der Waals surface area contributed by atoms with Crippen molar-refractivity contribution < 1.29 is 34.5 Å². The highest BCUT2D eigenvalue weighted by molar-refractivity contribution is 6.00. The van der Waals surface area contributed by atoms with Crippen molar-refractivity contribution in [1.82, 2.24) is 4.90 Å². The fraction of sp³-hybridized carbons (Fsp3) is 0.286. The van der Waals surface area contributed by atoms with E-state index < -0.39 is 48.4 Å². The lowest BCUT2D eigenvalue weighted by atomic mass is 9.98. The van der Waals surface area contributed by atoms with Crippen molar-refractivity contribution in [1.29, 1.82) is 0 Å². The van der Waals surface area contributed by atoms with Gasteiger partial charge in [0.05, 0.1) is 12.1 Å². The third-order valence-electron chi connectivity index (χ3n) is 3.71. The van der Waals surface area contributed by atoms with Gasteiger partial charge in [-0.2, -0.15) is 0 Å². The average molecular weight is 322 g/mol. The number of nitrogens with two attached hydrogens (primary N) is 1. The van der Waals surface area contributed by atoms with Crippen LogP contribution in [0.25, 0.3) is 0 Å². The molecule has 1 fully saturated rings. The smallest absolute Gasteiger partial charge is 0.335 e. The number of carbonyl (C=O) groups is 4. The minimum atomic E-state index is -1.86. The number of hydrogen-bond donors (Lipinski definition) is 4. The quantitative estimate of drug-likeness (QED) is 0.575. The van der Waals surface area contributed by atoms with E-state index in [1.807, 2.05) is 0 Å². The lowest BCUT2D eigenvalue weighted by Crippen LogP contribution is -2.50. The minimum Gasteiger partial charge on any atom is -0.480 e. The van der Waals surface area contributed by atoms with E-state index in [0.717, 1.165) is 11.0 Å². The largest absolute Gasteiger partial charge is 0.480 e. The Bertz CT molecular complexity index is 702. The zero-order valence-corrected chi connectivity index (χ0v) is 11.8. The molecular formula is C14H14N2O7. The van der Waals surface area contributed by atoms with E-state index in [-0.39, 0.29) is 11.1 Å². The molecule has 23 heavy (non-hydrogen) atoms. The molecule has 9 nitrogen and oxygen atoms in total. The van der Waals surface area contributed by atoms with E-state index in [1.54, 1.807) is 0 Å². The lowest BCUT2D eigenvalue weighted by Gasteiger charge is -2.22. The Morgan fingerprint density at radius 1 is 1.13 bits per heavy atom. The van der Waals surface area contributed by atoms with Crippen LogP contribution in [0, 0.1) is 0 Å². The van der Waals surface area contributed by atoms with Gasteiger partial charge in [0.15, 0.2) is 0 Å². The van der Waals surface area contributed by atoms with Gasteiger partial charge in [0.25, 0.3) is 5.91 Å². The molecule has 0 saturated carbocycles. The Hall–Kier alpha value is -2.94. The molecule has 9 heteroatoms. The van der Waals surface area contributed by atoms with Crippen LogP contribution in [0.5, 0.6) is 0 Å². The summed E-state index contributed by atoms with van der Waals surface area (Å²) in [5.74, 6) is -4.80. The number of amides is 1. The van der Waals surface area contributed by atoms with E-state index in [1.165, 1.54) is 18.2 Å². The molecule has 0 bridgehead atoms. The Morgan fingerprint density at radius 2 is 1.74 bits per heavy atom. The molecular weight excluding hydrogens is 308 g/mol. The van der Waals surface area contributed by atoms with Gasteiger partial charge in [-0.25, -0.2) is 9.59 Å². The summed E-state index contributed by atoms with van der Waals surface area (Å²) in [6, 6.07) is 3.65. The number of rotatable bonds is 4. The summed E-state index contributed by atoms with van der Waals surface area (Å²) < 4.78 is 0. The molecule has 1 aromatic rings. The number of aromatic carboxylic acids is 1. The Balaban J connectivity index is 2.37. The van der Waals surface area contributed by atoms with Crippen molar-refractivity contribution in [2.75, 3.05) is 6.54 Å². The molecule has 0 spiro atoms. The number of hydrogen-bond acceptors (Lipinski definition) is 5. The summed E-state index contributed by atoms with van der Waals surface area (Å²) in [7, 11) is 0. The van der Waals surface area contributed by atoms with Crippen molar-refractivity contribution in [2.45, 2.75) is 18.0 Å². The van der Waals surface area contributed by atoms with Crippen LogP contribution in [0.4, 0.5) is 0 Å². The minimum absolute atomic E-state index is 0.0502.